The van der Waals surface area contributed by atoms with Gasteiger partial charge in [-0.05, 0) is 0 Å². The summed E-state index contributed by atoms with van der Waals surface area (Å²) in [5.41, 5.74) is 0. The second-order valence-corrected chi connectivity index (χ2v) is 0. The Bertz CT molecular complexity index is 12.9. The fourth-order valence-corrected chi connectivity index (χ4v) is 0. The molecule has 0 atom stereocenters. The van der Waals surface area contributed by atoms with Crippen LogP contribution in [0, 0.1) is 0 Å². The monoisotopic (exact) mass is 306 g/mol. The van der Waals surface area contributed by atoms with Crippen LogP contribution in [0.15, 0.2) is 0 Å². The van der Waals surface area contributed by atoms with E-state index in [4.69, 9.17) is 0 Å². The zero-order valence-corrected chi connectivity index (χ0v) is 13.1. The molecule has 0 rings (SSSR count). The zero-order valence-electron chi connectivity index (χ0n) is 4.61. The Balaban J connectivity index is 0. The van der Waals surface area contributed by atoms with E-state index >= 15 is 0 Å². The Morgan fingerprint density at radius 3 is 0.333 bits per heavy atom. The van der Waals surface area contributed by atoms with E-state index in [0.717, 1.165) is 0 Å². The molecule has 0 bridgehead atoms. The van der Waals surface area contributed by atoms with Crippen LogP contribution in [0.1, 0.15) is 0 Å². The molecule has 0 aliphatic carbocycles. The van der Waals surface area contributed by atoms with Gasteiger partial charge >= 0.3 is 112 Å². The molecule has 0 aliphatic heterocycles. The summed E-state index contributed by atoms with van der Waals surface area (Å²) < 4.78 is 0. The molecule has 0 N–H and O–H groups in total. The van der Waals surface area contributed by atoms with Crippen LogP contribution in [-0.4, -0.2) is 46.1 Å². The largest absolute Gasteiger partial charge is 3.00 e. The predicted octanol–water partition coefficient (Wildman–Crippen LogP) is -1.36. The van der Waals surface area contributed by atoms with Gasteiger partial charge < -0.3 is 27.4 Å². The second kappa shape index (κ2) is 102. The summed E-state index contributed by atoms with van der Waals surface area (Å²) in [6, 6.07) is 0. The minimum absolute atomic E-state index is 0. The third-order valence-electron chi connectivity index (χ3n) is 0. The molecule has 9 heteroatoms. The van der Waals surface area contributed by atoms with Crippen molar-refractivity contribution in [3.05, 3.63) is 0 Å². The van der Waals surface area contributed by atoms with Gasteiger partial charge in [0.05, 0.1) is 0 Å². The van der Waals surface area contributed by atoms with E-state index in [9.17, 15) is 0 Å². The van der Waals surface area contributed by atoms with Crippen molar-refractivity contribution in [1.82, 2.24) is 0 Å². The van der Waals surface area contributed by atoms with Gasteiger partial charge in [-0.3, -0.25) is 0 Å². The average Bonchev–Trinajstić information content (AvgIpc) is 0. The third-order valence-corrected chi connectivity index (χ3v) is 0. The molecule has 0 fully saturated rings. The van der Waals surface area contributed by atoms with Crippen LogP contribution in [0.5, 0.6) is 0 Å². The Labute approximate surface area is 136 Å². The molecule has 0 saturated heterocycles. The maximum absolute atomic E-state index is 0. The summed E-state index contributed by atoms with van der Waals surface area (Å²) in [5.74, 6) is 0. The van der Waals surface area contributed by atoms with Gasteiger partial charge in [0.25, 0.3) is 0 Å². The fourth-order valence-electron chi connectivity index (χ4n) is 0. The number of hydrogen-bond acceptors (Lipinski definition) is 0. The van der Waals surface area contributed by atoms with Crippen LogP contribution in [0.3, 0.4) is 0 Å². The molecule has 0 unspecified atom stereocenters. The van der Waals surface area contributed by atoms with Crippen molar-refractivity contribution in [2.24, 2.45) is 0 Å². The van der Waals surface area contributed by atoms with Gasteiger partial charge in [-0.15, -0.1) is 0 Å². The second-order valence-electron chi connectivity index (χ2n) is 0. The van der Waals surface area contributed by atoms with Crippen LogP contribution < -0.4 is 0 Å². The Morgan fingerprint density at radius 2 is 0.333 bits per heavy atom. The van der Waals surface area contributed by atoms with Crippen LogP contribution in [0.2, 0.25) is 0 Å². The number of hydrogen-bond donors (Lipinski definition) is 0. The SMILES string of the molecule is [Mg+2].[Mg+2].[O-2].[O-2].[O-2].[O-2].[O-2].[Y+3].[Y+3]. The van der Waals surface area contributed by atoms with Gasteiger partial charge in [0.2, 0.25) is 0 Å². The summed E-state index contributed by atoms with van der Waals surface area (Å²) in [6.45, 7) is 0. The molecule has 40 valence electrons. The van der Waals surface area contributed by atoms with Gasteiger partial charge in [-0.2, -0.15) is 0 Å². The summed E-state index contributed by atoms with van der Waals surface area (Å²) in [6.07, 6.45) is 0. The molecule has 5 nitrogen and oxygen atoms in total. The average molecular weight is 306 g/mol. The van der Waals surface area contributed by atoms with Gasteiger partial charge in [0, 0.05) is 0 Å². The Hall–Kier alpha value is 3.54. The molecule has 0 aromatic heterocycles. The van der Waals surface area contributed by atoms with Crippen molar-refractivity contribution in [3.63, 3.8) is 0 Å². The van der Waals surface area contributed by atoms with Gasteiger partial charge in [0.15, 0.2) is 0 Å². The molecule has 0 spiro atoms. The van der Waals surface area contributed by atoms with Crippen LogP contribution in [0.25, 0.3) is 0 Å². The van der Waals surface area contributed by atoms with Gasteiger partial charge in [0.1, 0.15) is 0 Å². The molecule has 0 aliphatic rings. The first-order valence-electron chi connectivity index (χ1n) is 0. The normalized spacial score (nSPS) is 0. The van der Waals surface area contributed by atoms with E-state index in [1.165, 1.54) is 0 Å². The van der Waals surface area contributed by atoms with Crippen LogP contribution in [-0.2, 0) is 92.8 Å². The molecule has 9 heavy (non-hydrogen) atoms. The van der Waals surface area contributed by atoms with E-state index in [-0.39, 0.29) is 139 Å². The third kappa shape index (κ3) is 83.8. The summed E-state index contributed by atoms with van der Waals surface area (Å²) >= 11 is 0. The molecule has 0 aromatic carbocycles. The van der Waals surface area contributed by atoms with E-state index in [1.54, 1.807) is 0 Å². The van der Waals surface area contributed by atoms with Crippen molar-refractivity contribution in [2.45, 2.75) is 0 Å². The van der Waals surface area contributed by atoms with Crippen molar-refractivity contribution in [1.29, 1.82) is 0 Å². The topological polar surface area (TPSA) is 142 Å². The minimum atomic E-state index is 0. The zero-order chi connectivity index (χ0) is 0. The van der Waals surface area contributed by atoms with Crippen LogP contribution >= 0.6 is 0 Å². The molecular formula is Mg2O5Y2. The van der Waals surface area contributed by atoms with Crippen LogP contribution in [0.4, 0.5) is 0 Å². The van der Waals surface area contributed by atoms with Crippen molar-refractivity contribution >= 4 is 46.1 Å². The van der Waals surface area contributed by atoms with Crippen molar-refractivity contribution in [2.75, 3.05) is 0 Å². The Morgan fingerprint density at radius 1 is 0.333 bits per heavy atom. The van der Waals surface area contributed by atoms with Crippen molar-refractivity contribution < 1.29 is 92.8 Å². The van der Waals surface area contributed by atoms with E-state index < -0.39 is 0 Å². The summed E-state index contributed by atoms with van der Waals surface area (Å²) in [4.78, 5) is 0. The standard InChI is InChI=1S/2Mg.5O.2Y/q2*+2;5*-2;2*+3. The van der Waals surface area contributed by atoms with E-state index in [1.807, 2.05) is 0 Å². The van der Waals surface area contributed by atoms with Gasteiger partial charge in [-0.25, -0.2) is 0 Å². The molecule has 0 amide bonds. The number of rotatable bonds is 0. The maximum Gasteiger partial charge on any atom is 3.00 e. The van der Waals surface area contributed by atoms with Gasteiger partial charge in [-0.1, -0.05) is 0 Å². The first kappa shape index (κ1) is 133. The minimum Gasteiger partial charge on any atom is -2.00 e. The maximum atomic E-state index is 0. The quantitative estimate of drug-likeness (QED) is 0.487. The first-order valence-corrected chi connectivity index (χ1v) is 0. The molecule has 0 heterocycles. The fraction of sp³-hybridized carbons (Fsp3) is 0. The van der Waals surface area contributed by atoms with E-state index in [0.29, 0.717) is 0 Å². The smallest absolute Gasteiger partial charge is 2.00 e. The van der Waals surface area contributed by atoms with E-state index in [2.05, 4.69) is 0 Å². The molecule has 0 radical (unpaired) electrons. The molecular weight excluding hydrogens is 306 g/mol. The predicted molar refractivity (Wildman–Crippen MR) is 14.9 cm³/mol. The molecule has 0 saturated carbocycles. The first-order chi connectivity index (χ1) is 0. The van der Waals surface area contributed by atoms with Crippen molar-refractivity contribution in [3.8, 4) is 0 Å². The summed E-state index contributed by atoms with van der Waals surface area (Å²) in [5, 5.41) is 0. The Kier molecular flexibility index (Phi) is 1510. The summed E-state index contributed by atoms with van der Waals surface area (Å²) in [7, 11) is 0. The molecule has 0 aromatic rings.